The van der Waals surface area contributed by atoms with Crippen molar-refractivity contribution in [1.82, 2.24) is 14.8 Å². The van der Waals surface area contributed by atoms with Gasteiger partial charge >= 0.3 is 0 Å². The quantitative estimate of drug-likeness (QED) is 0.780. The van der Waals surface area contributed by atoms with Crippen LogP contribution >= 0.6 is 0 Å². The Labute approximate surface area is 123 Å². The Bertz CT molecular complexity index is 729. The van der Waals surface area contributed by atoms with Crippen molar-refractivity contribution < 1.29 is 4.42 Å². The van der Waals surface area contributed by atoms with Gasteiger partial charge in [-0.2, -0.15) is 0 Å². The van der Waals surface area contributed by atoms with Crippen molar-refractivity contribution in [1.29, 1.82) is 0 Å². The molecule has 1 N–H and O–H groups in total. The number of furan rings is 1. The SMILES string of the molecule is CCc1ccc(CNc2cccc(-c3nncn3C)c2)o1. The minimum absolute atomic E-state index is 0.669. The molecule has 108 valence electrons. The first-order valence-electron chi connectivity index (χ1n) is 7.02. The normalized spacial score (nSPS) is 10.8. The van der Waals surface area contributed by atoms with E-state index in [4.69, 9.17) is 4.42 Å². The number of nitrogens with one attached hydrogen (secondary N) is 1. The lowest BCUT2D eigenvalue weighted by molar-refractivity contribution is 0.476. The molecule has 5 nitrogen and oxygen atoms in total. The molecule has 0 atom stereocenters. The van der Waals surface area contributed by atoms with E-state index < -0.39 is 0 Å². The van der Waals surface area contributed by atoms with Crippen LogP contribution in [-0.4, -0.2) is 14.8 Å². The number of hydrogen-bond acceptors (Lipinski definition) is 4. The average Bonchev–Trinajstić information content (AvgIpc) is 3.14. The van der Waals surface area contributed by atoms with Gasteiger partial charge < -0.3 is 14.3 Å². The van der Waals surface area contributed by atoms with Crippen LogP contribution < -0.4 is 5.32 Å². The summed E-state index contributed by atoms with van der Waals surface area (Å²) in [5.41, 5.74) is 2.07. The fraction of sp³-hybridized carbons (Fsp3) is 0.250. The zero-order valence-corrected chi connectivity index (χ0v) is 12.2. The van der Waals surface area contributed by atoms with Crippen LogP contribution in [0.1, 0.15) is 18.4 Å². The number of hydrogen-bond donors (Lipinski definition) is 1. The average molecular weight is 282 g/mol. The van der Waals surface area contributed by atoms with Crippen LogP contribution in [0.25, 0.3) is 11.4 Å². The van der Waals surface area contributed by atoms with Crippen molar-refractivity contribution in [2.24, 2.45) is 7.05 Å². The second-order valence-electron chi connectivity index (χ2n) is 4.92. The molecule has 0 saturated heterocycles. The summed E-state index contributed by atoms with van der Waals surface area (Å²) in [6, 6.07) is 12.2. The Kier molecular flexibility index (Phi) is 3.73. The van der Waals surface area contributed by atoms with E-state index in [1.54, 1.807) is 6.33 Å². The maximum atomic E-state index is 5.69. The van der Waals surface area contributed by atoms with Crippen molar-refractivity contribution >= 4 is 5.69 Å². The molecule has 0 aliphatic carbocycles. The summed E-state index contributed by atoms with van der Waals surface area (Å²) < 4.78 is 7.59. The number of nitrogens with zero attached hydrogens (tertiary/aromatic N) is 3. The molecule has 0 unspecified atom stereocenters. The maximum Gasteiger partial charge on any atom is 0.163 e. The standard InChI is InChI=1S/C16H18N4O/c1-3-14-7-8-15(21-14)10-17-13-6-4-5-12(9-13)16-19-18-11-20(16)2/h4-9,11,17H,3,10H2,1-2H3. The lowest BCUT2D eigenvalue weighted by atomic mass is 10.2. The van der Waals surface area contributed by atoms with Crippen molar-refractivity contribution in [2.45, 2.75) is 19.9 Å². The lowest BCUT2D eigenvalue weighted by Gasteiger charge is -2.07. The van der Waals surface area contributed by atoms with Gasteiger partial charge in [-0.3, -0.25) is 0 Å². The third-order valence-electron chi connectivity index (χ3n) is 3.36. The smallest absolute Gasteiger partial charge is 0.163 e. The fourth-order valence-corrected chi connectivity index (χ4v) is 2.21. The summed E-state index contributed by atoms with van der Waals surface area (Å²) in [5, 5.41) is 11.4. The minimum Gasteiger partial charge on any atom is -0.464 e. The highest BCUT2D eigenvalue weighted by atomic mass is 16.3. The van der Waals surface area contributed by atoms with Crippen LogP contribution in [0.15, 0.2) is 47.1 Å². The number of rotatable bonds is 5. The van der Waals surface area contributed by atoms with Gasteiger partial charge in [0, 0.05) is 24.7 Å². The number of anilines is 1. The predicted molar refractivity (Wildman–Crippen MR) is 81.9 cm³/mol. The third kappa shape index (κ3) is 2.97. The first-order chi connectivity index (χ1) is 10.3. The molecule has 0 fully saturated rings. The van der Waals surface area contributed by atoms with E-state index >= 15 is 0 Å². The lowest BCUT2D eigenvalue weighted by Crippen LogP contribution is -1.99. The van der Waals surface area contributed by atoms with E-state index in [0.717, 1.165) is 35.0 Å². The van der Waals surface area contributed by atoms with Gasteiger partial charge in [-0.1, -0.05) is 19.1 Å². The van der Waals surface area contributed by atoms with E-state index in [2.05, 4.69) is 28.5 Å². The molecule has 0 aliphatic heterocycles. The Morgan fingerprint density at radius 1 is 1.19 bits per heavy atom. The summed E-state index contributed by atoms with van der Waals surface area (Å²) in [6.45, 7) is 2.75. The zero-order chi connectivity index (χ0) is 14.7. The van der Waals surface area contributed by atoms with Gasteiger partial charge in [-0.25, -0.2) is 0 Å². The van der Waals surface area contributed by atoms with Crippen LogP contribution in [0.5, 0.6) is 0 Å². The van der Waals surface area contributed by atoms with Crippen LogP contribution in [-0.2, 0) is 20.0 Å². The van der Waals surface area contributed by atoms with Gasteiger partial charge in [0.15, 0.2) is 5.82 Å². The van der Waals surface area contributed by atoms with E-state index in [0.29, 0.717) is 6.54 Å². The summed E-state index contributed by atoms with van der Waals surface area (Å²) in [4.78, 5) is 0. The Morgan fingerprint density at radius 3 is 2.76 bits per heavy atom. The van der Waals surface area contributed by atoms with E-state index in [9.17, 15) is 0 Å². The Morgan fingerprint density at radius 2 is 2.05 bits per heavy atom. The predicted octanol–water partition coefficient (Wildman–Crippen LogP) is 3.25. The molecule has 0 spiro atoms. The topological polar surface area (TPSA) is 55.9 Å². The van der Waals surface area contributed by atoms with Crippen molar-refractivity contribution in [3.05, 3.63) is 54.2 Å². The summed E-state index contributed by atoms with van der Waals surface area (Å²) >= 11 is 0. The largest absolute Gasteiger partial charge is 0.464 e. The molecule has 1 aromatic carbocycles. The molecule has 21 heavy (non-hydrogen) atoms. The van der Waals surface area contributed by atoms with Crippen molar-refractivity contribution in [3.8, 4) is 11.4 Å². The second-order valence-corrected chi connectivity index (χ2v) is 4.92. The first kappa shape index (κ1) is 13.4. The van der Waals surface area contributed by atoms with Gasteiger partial charge in [0.25, 0.3) is 0 Å². The molecule has 0 amide bonds. The highest BCUT2D eigenvalue weighted by Crippen LogP contribution is 2.20. The van der Waals surface area contributed by atoms with Gasteiger partial charge in [-0.05, 0) is 24.3 Å². The molecular weight excluding hydrogens is 264 g/mol. The van der Waals surface area contributed by atoms with Gasteiger partial charge in [0.1, 0.15) is 17.8 Å². The van der Waals surface area contributed by atoms with E-state index in [1.165, 1.54) is 0 Å². The summed E-state index contributed by atoms with van der Waals surface area (Å²) in [6.07, 6.45) is 2.62. The minimum atomic E-state index is 0.669. The molecule has 0 bridgehead atoms. The number of benzene rings is 1. The highest BCUT2D eigenvalue weighted by Gasteiger charge is 2.05. The molecule has 3 aromatic rings. The van der Waals surface area contributed by atoms with Gasteiger partial charge in [0.05, 0.1) is 6.54 Å². The molecule has 5 heteroatoms. The Balaban J connectivity index is 1.73. The second kappa shape index (κ2) is 5.83. The number of aryl methyl sites for hydroxylation is 2. The zero-order valence-electron chi connectivity index (χ0n) is 12.2. The summed E-state index contributed by atoms with van der Waals surface area (Å²) in [5.74, 6) is 2.81. The third-order valence-corrected chi connectivity index (χ3v) is 3.36. The van der Waals surface area contributed by atoms with Crippen molar-refractivity contribution in [2.75, 3.05) is 5.32 Å². The maximum absolute atomic E-state index is 5.69. The fourth-order valence-electron chi connectivity index (χ4n) is 2.21. The molecule has 0 radical (unpaired) electrons. The monoisotopic (exact) mass is 282 g/mol. The van der Waals surface area contributed by atoms with Gasteiger partial charge in [0.2, 0.25) is 0 Å². The molecule has 0 saturated carbocycles. The van der Waals surface area contributed by atoms with Gasteiger partial charge in [-0.15, -0.1) is 10.2 Å². The van der Waals surface area contributed by atoms with Crippen LogP contribution in [0, 0.1) is 0 Å². The number of aromatic nitrogens is 3. The summed E-state index contributed by atoms with van der Waals surface area (Å²) in [7, 11) is 1.94. The van der Waals surface area contributed by atoms with E-state index in [-0.39, 0.29) is 0 Å². The molecular formula is C16H18N4O. The first-order valence-corrected chi connectivity index (χ1v) is 7.02. The van der Waals surface area contributed by atoms with E-state index in [1.807, 2.05) is 41.9 Å². The Hall–Kier alpha value is -2.56. The molecule has 0 aliphatic rings. The van der Waals surface area contributed by atoms with Crippen LogP contribution in [0.2, 0.25) is 0 Å². The van der Waals surface area contributed by atoms with Crippen LogP contribution in [0.4, 0.5) is 5.69 Å². The van der Waals surface area contributed by atoms with Crippen molar-refractivity contribution in [3.63, 3.8) is 0 Å². The molecule has 3 rings (SSSR count). The highest BCUT2D eigenvalue weighted by molar-refractivity contribution is 5.62. The molecule has 2 heterocycles. The van der Waals surface area contributed by atoms with Crippen LogP contribution in [0.3, 0.4) is 0 Å². The molecule has 2 aromatic heterocycles.